The average molecular weight is 328 g/mol. The number of nitro benzene ring substituents is 1. The van der Waals surface area contributed by atoms with E-state index in [1.165, 1.54) is 12.1 Å². The van der Waals surface area contributed by atoms with E-state index in [9.17, 15) is 15.2 Å². The van der Waals surface area contributed by atoms with Gasteiger partial charge in [-0.15, -0.1) is 0 Å². The van der Waals surface area contributed by atoms with Gasteiger partial charge in [-0.25, -0.2) is 0 Å². The third-order valence-electron chi connectivity index (χ3n) is 3.96. The zero-order valence-electron chi connectivity index (χ0n) is 12.9. The van der Waals surface area contributed by atoms with Crippen molar-refractivity contribution in [2.24, 2.45) is 5.92 Å². The highest BCUT2D eigenvalue weighted by atomic mass is 35.5. The largest absolute Gasteiger partial charge is 0.506 e. The maximum absolute atomic E-state index is 11.4. The topological polar surface area (TPSA) is 78.6 Å². The van der Waals surface area contributed by atoms with Gasteiger partial charge in [-0.2, -0.15) is 0 Å². The van der Waals surface area contributed by atoms with Gasteiger partial charge in [0.15, 0.2) is 0 Å². The van der Waals surface area contributed by atoms with Gasteiger partial charge in [0.05, 0.1) is 15.5 Å². The van der Waals surface area contributed by atoms with Crippen LogP contribution in [-0.4, -0.2) is 41.1 Å². The number of phenols is 1. The second kappa shape index (κ2) is 7.26. The van der Waals surface area contributed by atoms with E-state index in [1.54, 1.807) is 0 Å². The van der Waals surface area contributed by atoms with Gasteiger partial charge in [-0.1, -0.05) is 25.4 Å². The maximum Gasteiger partial charge on any atom is 0.278 e. The predicted octanol–water partition coefficient (Wildman–Crippen LogP) is 2.95. The predicted molar refractivity (Wildman–Crippen MR) is 86.4 cm³/mol. The van der Waals surface area contributed by atoms with Crippen molar-refractivity contribution < 1.29 is 10.0 Å². The van der Waals surface area contributed by atoms with Crippen LogP contribution in [0.4, 0.5) is 5.69 Å². The second-order valence-electron chi connectivity index (χ2n) is 6.02. The molecule has 1 saturated heterocycles. The smallest absolute Gasteiger partial charge is 0.278 e. The molecule has 1 aliphatic rings. The van der Waals surface area contributed by atoms with E-state index in [-0.39, 0.29) is 22.5 Å². The van der Waals surface area contributed by atoms with E-state index < -0.39 is 4.92 Å². The highest BCUT2D eigenvalue weighted by Gasteiger charge is 2.32. The molecule has 1 fully saturated rings. The Labute approximate surface area is 135 Å². The first-order valence-corrected chi connectivity index (χ1v) is 7.90. The molecule has 1 aliphatic heterocycles. The van der Waals surface area contributed by atoms with Crippen LogP contribution in [0, 0.1) is 16.0 Å². The molecule has 0 bridgehead atoms. The average Bonchev–Trinajstić information content (AvgIpc) is 2.48. The van der Waals surface area contributed by atoms with Crippen LogP contribution >= 0.6 is 11.6 Å². The normalized spacial score (nSPS) is 17.6. The number of aromatic hydroxyl groups is 1. The summed E-state index contributed by atoms with van der Waals surface area (Å²) < 4.78 is 0. The van der Waals surface area contributed by atoms with Crippen molar-refractivity contribution in [3.63, 3.8) is 0 Å². The van der Waals surface area contributed by atoms with E-state index >= 15 is 0 Å². The van der Waals surface area contributed by atoms with Crippen LogP contribution in [0.1, 0.15) is 31.9 Å². The van der Waals surface area contributed by atoms with Crippen molar-refractivity contribution in [1.29, 1.82) is 0 Å². The van der Waals surface area contributed by atoms with Crippen LogP contribution in [0.2, 0.25) is 5.02 Å². The Morgan fingerprint density at radius 3 is 2.59 bits per heavy atom. The highest BCUT2D eigenvalue weighted by molar-refractivity contribution is 6.32. The van der Waals surface area contributed by atoms with E-state index in [1.807, 2.05) is 0 Å². The number of piperazine rings is 1. The summed E-state index contributed by atoms with van der Waals surface area (Å²) in [6.07, 6.45) is 0.731. The van der Waals surface area contributed by atoms with Gasteiger partial charge in [0.25, 0.3) is 5.69 Å². The van der Waals surface area contributed by atoms with Gasteiger partial charge in [0.2, 0.25) is 0 Å². The Kier molecular flexibility index (Phi) is 5.61. The maximum atomic E-state index is 11.4. The number of benzene rings is 1. The van der Waals surface area contributed by atoms with Crippen LogP contribution in [-0.2, 0) is 0 Å². The molecule has 0 amide bonds. The Morgan fingerprint density at radius 2 is 2.05 bits per heavy atom. The van der Waals surface area contributed by atoms with Gasteiger partial charge >= 0.3 is 0 Å². The summed E-state index contributed by atoms with van der Waals surface area (Å²) in [4.78, 5) is 13.1. The van der Waals surface area contributed by atoms with Crippen molar-refractivity contribution in [3.05, 3.63) is 32.8 Å². The molecular formula is C15H22ClN3O3. The first-order chi connectivity index (χ1) is 10.4. The van der Waals surface area contributed by atoms with Crippen molar-refractivity contribution in [2.75, 3.05) is 26.2 Å². The van der Waals surface area contributed by atoms with Crippen LogP contribution in [0.15, 0.2) is 12.1 Å². The van der Waals surface area contributed by atoms with Crippen molar-refractivity contribution in [1.82, 2.24) is 10.2 Å². The summed E-state index contributed by atoms with van der Waals surface area (Å²) >= 11 is 6.01. The summed E-state index contributed by atoms with van der Waals surface area (Å²) in [7, 11) is 0. The number of nitrogens with one attached hydrogen (secondary N) is 1. The quantitative estimate of drug-likeness (QED) is 0.642. The van der Waals surface area contributed by atoms with Gasteiger partial charge in [0, 0.05) is 38.3 Å². The zero-order valence-corrected chi connectivity index (χ0v) is 13.6. The number of phenolic OH excluding ortho intramolecular Hbond substituents is 1. The molecular weight excluding hydrogens is 306 g/mol. The number of hydrogen-bond acceptors (Lipinski definition) is 5. The monoisotopic (exact) mass is 327 g/mol. The molecule has 2 rings (SSSR count). The molecule has 1 heterocycles. The molecule has 7 heteroatoms. The fourth-order valence-electron chi connectivity index (χ4n) is 2.95. The van der Waals surface area contributed by atoms with Gasteiger partial charge < -0.3 is 10.4 Å². The van der Waals surface area contributed by atoms with Crippen molar-refractivity contribution in [3.8, 4) is 5.75 Å². The minimum atomic E-state index is -0.444. The fourth-order valence-corrected chi connectivity index (χ4v) is 3.11. The first kappa shape index (κ1) is 17.0. The van der Waals surface area contributed by atoms with Gasteiger partial charge in [-0.3, -0.25) is 15.0 Å². The number of nitrogens with zero attached hydrogens (tertiary/aromatic N) is 2. The summed E-state index contributed by atoms with van der Waals surface area (Å²) in [5, 5.41) is 25.2. The Hall–Kier alpha value is -1.37. The molecule has 1 aromatic rings. The van der Waals surface area contributed by atoms with E-state index in [4.69, 9.17) is 11.6 Å². The molecule has 1 atom stereocenters. The van der Waals surface area contributed by atoms with Crippen LogP contribution in [0.25, 0.3) is 0 Å². The summed E-state index contributed by atoms with van der Waals surface area (Å²) in [6.45, 7) is 7.40. The Morgan fingerprint density at radius 1 is 1.41 bits per heavy atom. The second-order valence-corrected chi connectivity index (χ2v) is 6.42. The van der Waals surface area contributed by atoms with E-state index in [0.29, 0.717) is 11.5 Å². The lowest BCUT2D eigenvalue weighted by molar-refractivity contribution is -0.386. The first-order valence-electron chi connectivity index (χ1n) is 7.52. The molecule has 0 unspecified atom stereocenters. The third kappa shape index (κ3) is 3.69. The summed E-state index contributed by atoms with van der Waals surface area (Å²) in [6, 6.07) is 2.55. The standard InChI is InChI=1S/C15H22ClN3O3/c1-10(2)9-13(18-7-5-17-6-8-18)14-12(19(21)22)4-3-11(16)15(14)20/h3-4,10,13,17,20H,5-9H2,1-2H3/t13-/m1/s1. The fraction of sp³-hybridized carbons (Fsp3) is 0.600. The molecule has 0 aliphatic carbocycles. The summed E-state index contributed by atoms with van der Waals surface area (Å²) in [5.41, 5.74) is 0.277. The summed E-state index contributed by atoms with van der Waals surface area (Å²) in [5.74, 6) is 0.179. The number of nitro groups is 1. The number of halogens is 1. The van der Waals surface area contributed by atoms with Crippen LogP contribution in [0.3, 0.4) is 0 Å². The molecule has 122 valence electrons. The minimum Gasteiger partial charge on any atom is -0.506 e. The minimum absolute atomic E-state index is 0.0638. The van der Waals surface area contributed by atoms with Crippen molar-refractivity contribution in [2.45, 2.75) is 26.3 Å². The van der Waals surface area contributed by atoms with Gasteiger partial charge in [-0.05, 0) is 18.4 Å². The highest BCUT2D eigenvalue weighted by Crippen LogP contribution is 2.43. The zero-order chi connectivity index (χ0) is 16.3. The molecule has 0 saturated carbocycles. The number of hydrogen-bond donors (Lipinski definition) is 2. The lowest BCUT2D eigenvalue weighted by atomic mass is 9.93. The molecule has 1 aromatic carbocycles. The van der Waals surface area contributed by atoms with E-state index in [2.05, 4.69) is 24.1 Å². The van der Waals surface area contributed by atoms with Gasteiger partial charge in [0.1, 0.15) is 5.75 Å². The number of rotatable bonds is 5. The lowest BCUT2D eigenvalue weighted by Crippen LogP contribution is -2.45. The Bertz CT molecular complexity index is 545. The Balaban J connectivity index is 2.49. The molecule has 0 radical (unpaired) electrons. The molecule has 2 N–H and O–H groups in total. The molecule has 0 spiro atoms. The van der Waals surface area contributed by atoms with Crippen LogP contribution < -0.4 is 5.32 Å². The lowest BCUT2D eigenvalue weighted by Gasteiger charge is -2.36. The van der Waals surface area contributed by atoms with Crippen LogP contribution in [0.5, 0.6) is 5.75 Å². The van der Waals surface area contributed by atoms with E-state index in [0.717, 1.165) is 32.6 Å². The van der Waals surface area contributed by atoms with Crippen molar-refractivity contribution >= 4 is 17.3 Å². The molecule has 6 nitrogen and oxygen atoms in total. The SMILES string of the molecule is CC(C)C[C@H](c1c([N+](=O)[O-])ccc(Cl)c1O)N1CCNCC1. The molecule has 22 heavy (non-hydrogen) atoms. The molecule has 0 aromatic heterocycles. The third-order valence-corrected chi connectivity index (χ3v) is 4.27.